The normalized spacial score (nSPS) is 24.5. The van der Waals surface area contributed by atoms with Crippen molar-refractivity contribution >= 4 is 23.7 Å². The Hall–Kier alpha value is -3.66. The van der Waals surface area contributed by atoms with Crippen LogP contribution in [0.25, 0.3) is 0 Å². The van der Waals surface area contributed by atoms with Crippen molar-refractivity contribution < 1.29 is 29.0 Å². The second-order valence-corrected chi connectivity index (χ2v) is 10.6. The molecule has 10 nitrogen and oxygen atoms in total. The Kier molecular flexibility index (Phi) is 12.2. The molecule has 218 valence electrons. The minimum atomic E-state index is -0.996. The van der Waals surface area contributed by atoms with Gasteiger partial charge in [-0.2, -0.15) is 0 Å². The lowest BCUT2D eigenvalue weighted by Crippen LogP contribution is -2.62. The predicted molar refractivity (Wildman–Crippen MR) is 151 cm³/mol. The lowest BCUT2D eigenvalue weighted by Gasteiger charge is -2.35. The Balaban J connectivity index is 1.83. The van der Waals surface area contributed by atoms with E-state index in [9.17, 15) is 24.3 Å². The van der Waals surface area contributed by atoms with E-state index in [1.165, 1.54) is 17.1 Å². The molecule has 1 fully saturated rings. The molecule has 1 aromatic rings. The van der Waals surface area contributed by atoms with E-state index in [1.807, 2.05) is 38.2 Å². The van der Waals surface area contributed by atoms with Crippen molar-refractivity contribution in [1.82, 2.24) is 21.1 Å². The maximum absolute atomic E-state index is 13.7. The van der Waals surface area contributed by atoms with Crippen LogP contribution in [0.15, 0.2) is 48.6 Å². The molecule has 0 saturated carbocycles. The van der Waals surface area contributed by atoms with Gasteiger partial charge in [-0.25, -0.2) is 5.43 Å². The van der Waals surface area contributed by atoms with Crippen molar-refractivity contribution in [2.45, 2.75) is 83.3 Å². The van der Waals surface area contributed by atoms with Gasteiger partial charge in [0.25, 0.3) is 5.91 Å². The Labute approximate surface area is 236 Å². The number of aromatic hydroxyl groups is 1. The zero-order valence-corrected chi connectivity index (χ0v) is 23.4. The number of hydrogen-bond donors (Lipinski definition) is 4. The highest BCUT2D eigenvalue weighted by atomic mass is 16.5. The summed E-state index contributed by atoms with van der Waals surface area (Å²) < 4.78 is 5.43. The predicted octanol–water partition coefficient (Wildman–Crippen LogP) is 2.68. The van der Waals surface area contributed by atoms with Crippen LogP contribution in [0.4, 0.5) is 0 Å². The fraction of sp³-hybridized carbons (Fsp3) is 0.533. The van der Waals surface area contributed by atoms with Crippen molar-refractivity contribution in [2.75, 3.05) is 13.2 Å². The molecule has 1 unspecified atom stereocenters. The Morgan fingerprint density at radius 2 is 1.80 bits per heavy atom. The number of nitrogens with zero attached hydrogens (tertiary/aromatic N) is 1. The Morgan fingerprint density at radius 3 is 2.55 bits per heavy atom. The van der Waals surface area contributed by atoms with E-state index >= 15 is 0 Å². The number of nitrogens with one attached hydrogen (secondary N) is 3. The van der Waals surface area contributed by atoms with Crippen molar-refractivity contribution in [2.24, 2.45) is 5.92 Å². The van der Waals surface area contributed by atoms with Crippen LogP contribution in [0, 0.1) is 5.92 Å². The molecular weight excluding hydrogens is 512 g/mol. The molecule has 1 aromatic carbocycles. The topological polar surface area (TPSA) is 137 Å². The number of cyclic esters (lactones) is 1. The van der Waals surface area contributed by atoms with Crippen LogP contribution in [0.1, 0.15) is 64.4 Å². The number of carbonyl (C=O) groups is 4. The molecule has 40 heavy (non-hydrogen) atoms. The van der Waals surface area contributed by atoms with Crippen LogP contribution < -0.4 is 16.1 Å². The summed E-state index contributed by atoms with van der Waals surface area (Å²) in [7, 11) is 0. The van der Waals surface area contributed by atoms with Crippen molar-refractivity contribution in [3.8, 4) is 5.75 Å². The molecular formula is C30H42N4O6. The molecule has 0 radical (unpaired) electrons. The Morgan fingerprint density at radius 1 is 1.02 bits per heavy atom. The van der Waals surface area contributed by atoms with E-state index in [-0.39, 0.29) is 30.6 Å². The third-order valence-electron chi connectivity index (χ3n) is 6.90. The molecule has 3 amide bonds. The van der Waals surface area contributed by atoms with Crippen LogP contribution in [-0.4, -0.2) is 65.1 Å². The number of amides is 3. The van der Waals surface area contributed by atoms with E-state index in [2.05, 4.69) is 16.1 Å². The van der Waals surface area contributed by atoms with E-state index in [4.69, 9.17) is 4.74 Å². The minimum absolute atomic E-state index is 0.0475. The number of ether oxygens (including phenoxy) is 1. The highest BCUT2D eigenvalue weighted by Gasteiger charge is 2.35. The second kappa shape index (κ2) is 15.8. The van der Waals surface area contributed by atoms with Crippen LogP contribution in [0.5, 0.6) is 5.75 Å². The lowest BCUT2D eigenvalue weighted by molar-refractivity contribution is -0.153. The van der Waals surface area contributed by atoms with Gasteiger partial charge in [0.1, 0.15) is 23.9 Å². The van der Waals surface area contributed by atoms with E-state index < -0.39 is 35.9 Å². The molecule has 3 rings (SSSR count). The molecule has 3 atom stereocenters. The number of benzene rings is 1. The molecule has 2 aliphatic heterocycles. The number of phenolic OH excluding ortho intramolecular Hbond substituents is 1. The molecule has 1 saturated heterocycles. The van der Waals surface area contributed by atoms with Crippen LogP contribution in [0.2, 0.25) is 0 Å². The first-order valence-corrected chi connectivity index (χ1v) is 14.2. The smallest absolute Gasteiger partial charge is 0.324 e. The summed E-state index contributed by atoms with van der Waals surface area (Å²) in [6, 6.07) is 3.99. The van der Waals surface area contributed by atoms with Gasteiger partial charge in [-0.15, -0.1) is 0 Å². The van der Waals surface area contributed by atoms with E-state index in [0.717, 1.165) is 12.8 Å². The van der Waals surface area contributed by atoms with Gasteiger partial charge in [0.2, 0.25) is 11.8 Å². The molecule has 0 aliphatic carbocycles. The summed E-state index contributed by atoms with van der Waals surface area (Å²) >= 11 is 0. The van der Waals surface area contributed by atoms with Crippen LogP contribution in [0.3, 0.4) is 0 Å². The van der Waals surface area contributed by atoms with Gasteiger partial charge >= 0.3 is 5.97 Å². The van der Waals surface area contributed by atoms with Gasteiger partial charge in [0.15, 0.2) is 0 Å². The summed E-state index contributed by atoms with van der Waals surface area (Å²) in [5.41, 5.74) is 3.64. The number of hydrogen-bond acceptors (Lipinski definition) is 7. The summed E-state index contributed by atoms with van der Waals surface area (Å²) in [6.45, 7) is 4.26. The van der Waals surface area contributed by atoms with Crippen molar-refractivity contribution in [3.05, 3.63) is 54.1 Å². The number of allylic oxidation sites excluding steroid dienone is 3. The average molecular weight is 555 g/mol. The van der Waals surface area contributed by atoms with Crippen LogP contribution in [-0.2, 0) is 30.3 Å². The third-order valence-corrected chi connectivity index (χ3v) is 6.90. The summed E-state index contributed by atoms with van der Waals surface area (Å²) in [4.78, 5) is 52.5. The van der Waals surface area contributed by atoms with Crippen LogP contribution >= 0.6 is 0 Å². The second-order valence-electron chi connectivity index (χ2n) is 10.6. The average Bonchev–Trinajstić information content (AvgIpc) is 2.93. The first kappa shape index (κ1) is 30.9. The van der Waals surface area contributed by atoms with Gasteiger partial charge < -0.3 is 20.5 Å². The van der Waals surface area contributed by atoms with E-state index in [1.54, 1.807) is 12.1 Å². The first-order chi connectivity index (χ1) is 19.2. The molecule has 2 aliphatic rings. The standard InChI is InChI=1S/C30H42N4O6/c1-21(2)27-28(37)31-25(20-22-13-11-14-23(35)19-22)29(38)34-17-12-15-24(33-34)30(39)40-18-10-8-6-4-3-5-7-9-16-26(36)32-27/h3-4,6,8,11,13-14,19,21,24-25,27,33,35H,5,7,9-10,12,15-18,20H2,1-2H3,(H,31,37)(H,32,36)/t24?,25-,27-/m0/s1. The lowest BCUT2D eigenvalue weighted by atomic mass is 10.00. The zero-order chi connectivity index (χ0) is 28.9. The van der Waals surface area contributed by atoms with Gasteiger partial charge in [0, 0.05) is 19.4 Å². The molecule has 0 spiro atoms. The maximum atomic E-state index is 13.7. The molecule has 2 heterocycles. The summed E-state index contributed by atoms with van der Waals surface area (Å²) in [5, 5.41) is 17.0. The number of rotatable bonds is 3. The number of phenols is 1. The number of fused-ring (bicyclic) bond motifs is 2. The Bertz CT molecular complexity index is 1090. The summed E-state index contributed by atoms with van der Waals surface area (Å²) in [6.07, 6.45) is 12.2. The quantitative estimate of drug-likeness (QED) is 0.422. The summed E-state index contributed by atoms with van der Waals surface area (Å²) in [5.74, 6) is -1.69. The molecule has 2 bridgehead atoms. The number of esters is 1. The SMILES string of the molecule is CC(C)[C@@H]1NC(=O)CCCCC=CC=CCCOC(=O)C2CCCN(N2)C(=O)[C@H](Cc2cccc(O)c2)NC1=O. The fourth-order valence-electron chi connectivity index (χ4n) is 4.69. The maximum Gasteiger partial charge on any atom is 0.324 e. The zero-order valence-electron chi connectivity index (χ0n) is 23.4. The number of carbonyl (C=O) groups excluding carboxylic acids is 4. The first-order valence-electron chi connectivity index (χ1n) is 14.2. The van der Waals surface area contributed by atoms with Gasteiger partial charge in [-0.05, 0) is 62.1 Å². The van der Waals surface area contributed by atoms with E-state index in [0.29, 0.717) is 44.2 Å². The molecule has 10 heteroatoms. The van der Waals surface area contributed by atoms with Gasteiger partial charge in [0.05, 0.1) is 6.61 Å². The monoisotopic (exact) mass is 554 g/mol. The highest BCUT2D eigenvalue weighted by molar-refractivity contribution is 5.92. The van der Waals surface area contributed by atoms with Crippen molar-refractivity contribution in [3.63, 3.8) is 0 Å². The highest BCUT2D eigenvalue weighted by Crippen LogP contribution is 2.16. The molecule has 4 N–H and O–H groups in total. The van der Waals surface area contributed by atoms with Gasteiger partial charge in [-0.1, -0.05) is 50.3 Å². The minimum Gasteiger partial charge on any atom is -0.508 e. The number of hydrazine groups is 1. The largest absolute Gasteiger partial charge is 0.508 e. The molecule has 0 aromatic heterocycles. The van der Waals surface area contributed by atoms with Gasteiger partial charge in [-0.3, -0.25) is 24.2 Å². The van der Waals surface area contributed by atoms with Crippen molar-refractivity contribution in [1.29, 1.82) is 0 Å². The third kappa shape index (κ3) is 9.82. The fourth-order valence-corrected chi connectivity index (χ4v) is 4.69.